The van der Waals surface area contributed by atoms with Gasteiger partial charge in [-0.3, -0.25) is 0 Å². The molecular formula is C8H9BrCl2. The first-order chi connectivity index (χ1) is 5.18. The van der Waals surface area contributed by atoms with Gasteiger partial charge in [0, 0.05) is 0 Å². The summed E-state index contributed by atoms with van der Waals surface area (Å²) >= 11 is 13.3. The Bertz CT molecular complexity index is 155. The summed E-state index contributed by atoms with van der Waals surface area (Å²) in [5.74, 6) is 0. The first-order valence-corrected chi connectivity index (χ1v) is 4.37. The van der Waals surface area contributed by atoms with Crippen LogP contribution < -0.4 is 0 Å². The molecule has 0 bridgehead atoms. The van der Waals surface area contributed by atoms with E-state index in [1.807, 2.05) is 0 Å². The van der Waals surface area contributed by atoms with E-state index in [9.17, 15) is 0 Å². The smallest absolute Gasteiger partial charge is 0.0990 e. The summed E-state index contributed by atoms with van der Waals surface area (Å²) in [5.41, 5.74) is 0. The third-order valence-corrected chi connectivity index (χ3v) is 1.01. The first kappa shape index (κ1) is 13.6. The highest BCUT2D eigenvalue weighted by atomic mass is 79.9. The van der Waals surface area contributed by atoms with Crippen LogP contribution in [0.1, 0.15) is 0 Å². The molecule has 0 spiro atoms. The van der Waals surface area contributed by atoms with E-state index >= 15 is 0 Å². The molecule has 0 amide bonds. The third kappa shape index (κ3) is 25.6. The van der Waals surface area contributed by atoms with Crippen LogP contribution in [0.2, 0.25) is 0 Å². The van der Waals surface area contributed by atoms with Gasteiger partial charge in [0.15, 0.2) is 0 Å². The average Bonchev–Trinajstić information content (AvgIpc) is 1.90. The number of hydrogen-bond donors (Lipinski definition) is 0. The molecule has 0 N–H and O–H groups in total. The molecule has 0 aromatic carbocycles. The van der Waals surface area contributed by atoms with Crippen molar-refractivity contribution in [3.63, 3.8) is 0 Å². The van der Waals surface area contributed by atoms with Crippen LogP contribution in [-0.4, -0.2) is 0 Å². The molecule has 0 nitrogen and oxygen atoms in total. The summed E-state index contributed by atoms with van der Waals surface area (Å²) < 4.78 is 0.241. The minimum atomic E-state index is 0.241. The van der Waals surface area contributed by atoms with Gasteiger partial charge in [-0.2, -0.15) is 0 Å². The van der Waals surface area contributed by atoms with E-state index in [1.54, 1.807) is 17.1 Å². The van der Waals surface area contributed by atoms with Crippen LogP contribution in [0, 0.1) is 0 Å². The molecule has 11 heavy (non-hydrogen) atoms. The lowest BCUT2D eigenvalue weighted by Crippen LogP contribution is -1.42. The van der Waals surface area contributed by atoms with Gasteiger partial charge < -0.3 is 0 Å². The lowest BCUT2D eigenvalue weighted by Gasteiger charge is -1.69. The van der Waals surface area contributed by atoms with Crippen molar-refractivity contribution in [3.05, 3.63) is 46.9 Å². The molecule has 0 heterocycles. The van der Waals surface area contributed by atoms with Crippen molar-refractivity contribution in [2.45, 2.75) is 0 Å². The second-order valence-corrected chi connectivity index (χ2v) is 2.78. The lowest BCUT2D eigenvalue weighted by molar-refractivity contribution is 2.06. The van der Waals surface area contributed by atoms with E-state index in [0.29, 0.717) is 0 Å². The van der Waals surface area contributed by atoms with Crippen molar-refractivity contribution >= 4 is 39.1 Å². The van der Waals surface area contributed by atoms with Crippen LogP contribution in [-0.2, 0) is 0 Å². The van der Waals surface area contributed by atoms with Crippen LogP contribution in [0.4, 0.5) is 0 Å². The molecule has 0 aliphatic carbocycles. The normalized spacial score (nSPS) is 7.91. The molecule has 0 aliphatic heterocycles. The van der Waals surface area contributed by atoms with Gasteiger partial charge in [0.25, 0.3) is 0 Å². The summed E-state index contributed by atoms with van der Waals surface area (Å²) in [5, 5.41) is 0. The Morgan fingerprint density at radius 3 is 1.73 bits per heavy atom. The van der Waals surface area contributed by atoms with Crippen LogP contribution in [0.15, 0.2) is 46.9 Å². The topological polar surface area (TPSA) is 0 Å². The zero-order valence-corrected chi connectivity index (χ0v) is 9.03. The molecule has 0 radical (unpaired) electrons. The van der Waals surface area contributed by atoms with Gasteiger partial charge in [-0.1, -0.05) is 70.5 Å². The van der Waals surface area contributed by atoms with E-state index in [1.165, 1.54) is 12.2 Å². The predicted molar refractivity (Wildman–Crippen MR) is 58.3 cm³/mol. The maximum atomic E-state index is 5.13. The van der Waals surface area contributed by atoms with Crippen LogP contribution in [0.25, 0.3) is 0 Å². The van der Waals surface area contributed by atoms with Gasteiger partial charge in [-0.25, -0.2) is 0 Å². The molecule has 0 fully saturated rings. The molecule has 0 unspecified atom stereocenters. The van der Waals surface area contributed by atoms with Crippen molar-refractivity contribution in [1.82, 2.24) is 0 Å². The quantitative estimate of drug-likeness (QED) is 0.634. The average molecular weight is 256 g/mol. The van der Waals surface area contributed by atoms with Crippen molar-refractivity contribution < 1.29 is 0 Å². The second kappa shape index (κ2) is 12.7. The second-order valence-electron chi connectivity index (χ2n) is 1.25. The maximum Gasteiger partial charge on any atom is 0.106 e. The molecule has 0 aromatic rings. The monoisotopic (exact) mass is 254 g/mol. The van der Waals surface area contributed by atoms with Crippen LogP contribution in [0.3, 0.4) is 0 Å². The Kier molecular flexibility index (Phi) is 15.7. The molecular weight excluding hydrogens is 247 g/mol. The molecule has 0 saturated carbocycles. The number of halogens is 3. The standard InChI is InChI=1S/C4H5Br.C4H4Cl2/c1-2-3-4-5;1-2-3-4(5)6/h2-4H,1H2;2-3H,1H2/b4-3+;. The molecule has 62 valence electrons. The number of hydrogen-bond acceptors (Lipinski definition) is 0. The zero-order valence-electron chi connectivity index (χ0n) is 5.93. The fraction of sp³-hybridized carbons (Fsp3) is 0. The van der Waals surface area contributed by atoms with Gasteiger partial charge in [-0.15, -0.1) is 0 Å². The predicted octanol–water partition coefficient (Wildman–Crippen LogP) is 4.57. The van der Waals surface area contributed by atoms with E-state index in [-0.39, 0.29) is 4.49 Å². The minimum absolute atomic E-state index is 0.241. The Labute approximate surface area is 86.0 Å². The maximum absolute atomic E-state index is 5.13. The molecule has 0 aliphatic rings. The van der Waals surface area contributed by atoms with E-state index in [0.717, 1.165) is 0 Å². The van der Waals surface area contributed by atoms with Crippen molar-refractivity contribution in [1.29, 1.82) is 0 Å². The molecule has 0 aromatic heterocycles. The van der Waals surface area contributed by atoms with Crippen molar-refractivity contribution in [3.8, 4) is 0 Å². The third-order valence-electron chi connectivity index (χ3n) is 0.453. The number of rotatable bonds is 2. The van der Waals surface area contributed by atoms with E-state index < -0.39 is 0 Å². The SMILES string of the molecule is C=C/C=C/Br.C=CC=C(Cl)Cl. The highest BCUT2D eigenvalue weighted by Gasteiger charge is 1.71. The summed E-state index contributed by atoms with van der Waals surface area (Å²) in [7, 11) is 0. The van der Waals surface area contributed by atoms with E-state index in [4.69, 9.17) is 23.2 Å². The molecule has 0 atom stereocenters. The fourth-order valence-electron chi connectivity index (χ4n) is 0.141. The Morgan fingerprint density at radius 2 is 1.73 bits per heavy atom. The van der Waals surface area contributed by atoms with Crippen LogP contribution in [0.5, 0.6) is 0 Å². The van der Waals surface area contributed by atoms with Gasteiger partial charge in [-0.05, 0) is 11.1 Å². The summed E-state index contributed by atoms with van der Waals surface area (Å²) in [6.07, 6.45) is 6.53. The molecule has 0 rings (SSSR count). The van der Waals surface area contributed by atoms with Gasteiger partial charge in [0.2, 0.25) is 0 Å². The van der Waals surface area contributed by atoms with Crippen LogP contribution >= 0.6 is 39.1 Å². The summed E-state index contributed by atoms with van der Waals surface area (Å²) in [6, 6.07) is 0. The first-order valence-electron chi connectivity index (χ1n) is 2.70. The Morgan fingerprint density at radius 1 is 1.18 bits per heavy atom. The lowest BCUT2D eigenvalue weighted by atomic mass is 10.6. The molecule has 3 heteroatoms. The molecule has 0 saturated heterocycles. The highest BCUT2D eigenvalue weighted by molar-refractivity contribution is 9.11. The van der Waals surface area contributed by atoms with Crippen molar-refractivity contribution in [2.24, 2.45) is 0 Å². The minimum Gasteiger partial charge on any atom is -0.0990 e. The summed E-state index contributed by atoms with van der Waals surface area (Å²) in [6.45, 7) is 6.79. The van der Waals surface area contributed by atoms with Crippen molar-refractivity contribution in [2.75, 3.05) is 0 Å². The van der Waals surface area contributed by atoms with Gasteiger partial charge >= 0.3 is 0 Å². The Balaban J connectivity index is 0. The highest BCUT2D eigenvalue weighted by Crippen LogP contribution is 2.04. The zero-order chi connectivity index (χ0) is 9.11. The van der Waals surface area contributed by atoms with Gasteiger partial charge in [0.1, 0.15) is 4.49 Å². The fourth-order valence-corrected chi connectivity index (χ4v) is 0.535. The summed E-state index contributed by atoms with van der Waals surface area (Å²) in [4.78, 5) is 1.75. The number of allylic oxidation sites excluding steroid dienone is 4. The Hall–Kier alpha value is 0.0200. The largest absolute Gasteiger partial charge is 0.106 e. The van der Waals surface area contributed by atoms with E-state index in [2.05, 4.69) is 29.1 Å². The van der Waals surface area contributed by atoms with Gasteiger partial charge in [0.05, 0.1) is 0 Å².